The molecule has 0 fully saturated rings. The molecule has 0 N–H and O–H groups in total. The lowest BCUT2D eigenvalue weighted by Gasteiger charge is -2.39. The van der Waals surface area contributed by atoms with Crippen molar-refractivity contribution in [3.63, 3.8) is 0 Å². The molecule has 0 amide bonds. The molecule has 1 aliphatic carbocycles. The Morgan fingerprint density at radius 2 is 2.28 bits per heavy atom. The molecule has 1 aromatic rings. The molecule has 3 nitrogen and oxygen atoms in total. The quantitative estimate of drug-likeness (QED) is 0.697. The predicted molar refractivity (Wildman–Crippen MR) is 69.4 cm³/mol. The van der Waals surface area contributed by atoms with Crippen LogP contribution in [0.4, 0.5) is 0 Å². The maximum atomic E-state index is 11.8. The number of hydroxylamine groups is 2. The average molecular weight is 237 g/mol. The van der Waals surface area contributed by atoms with E-state index in [-0.39, 0.29) is 6.04 Å². The standard InChI is InChI=1S/C15H13N2O/c16-10-13-4-1-3-11-9-12-5-2-8-17(18)15(12)7-6-14(11)13/h1-5,8,15H,6-7,9H2/q-1. The largest absolute Gasteiger partial charge is 0.758 e. The number of hydrogen-bond acceptors (Lipinski definition) is 3. The zero-order valence-corrected chi connectivity index (χ0v) is 9.97. The van der Waals surface area contributed by atoms with E-state index in [1.807, 2.05) is 18.2 Å². The summed E-state index contributed by atoms with van der Waals surface area (Å²) >= 11 is 0. The van der Waals surface area contributed by atoms with Crippen molar-refractivity contribution >= 4 is 0 Å². The maximum Gasteiger partial charge on any atom is 0.0994 e. The first-order chi connectivity index (χ1) is 8.79. The van der Waals surface area contributed by atoms with Crippen molar-refractivity contribution in [2.75, 3.05) is 0 Å². The molecule has 0 aromatic heterocycles. The molecular weight excluding hydrogens is 224 g/mol. The molecule has 1 aliphatic heterocycles. The number of benzene rings is 1. The highest BCUT2D eigenvalue weighted by molar-refractivity contribution is 5.47. The summed E-state index contributed by atoms with van der Waals surface area (Å²) < 4.78 is 0. The summed E-state index contributed by atoms with van der Waals surface area (Å²) in [7, 11) is 0. The third kappa shape index (κ3) is 1.71. The van der Waals surface area contributed by atoms with E-state index >= 15 is 0 Å². The fourth-order valence-electron chi connectivity index (χ4n) is 2.82. The van der Waals surface area contributed by atoms with E-state index in [1.165, 1.54) is 5.56 Å². The third-order valence-corrected chi connectivity index (χ3v) is 3.73. The summed E-state index contributed by atoms with van der Waals surface area (Å²) in [5, 5.41) is 22.0. The van der Waals surface area contributed by atoms with Crippen molar-refractivity contribution in [1.82, 2.24) is 5.06 Å². The van der Waals surface area contributed by atoms with Gasteiger partial charge >= 0.3 is 0 Å². The molecular formula is C15H13N2O-. The SMILES string of the molecule is N#Cc1cccc2c1CCC1C(=CC=CN1[O-])C2. The van der Waals surface area contributed by atoms with Gasteiger partial charge in [-0.1, -0.05) is 18.2 Å². The highest BCUT2D eigenvalue weighted by atomic mass is 16.5. The number of rotatable bonds is 0. The fourth-order valence-corrected chi connectivity index (χ4v) is 2.82. The summed E-state index contributed by atoms with van der Waals surface area (Å²) in [4.78, 5) is 0. The minimum Gasteiger partial charge on any atom is -0.758 e. The van der Waals surface area contributed by atoms with Crippen molar-refractivity contribution in [3.05, 3.63) is 64.0 Å². The van der Waals surface area contributed by atoms with Crippen LogP contribution < -0.4 is 0 Å². The van der Waals surface area contributed by atoms with Crippen LogP contribution in [0.15, 0.2) is 42.1 Å². The van der Waals surface area contributed by atoms with E-state index in [9.17, 15) is 5.21 Å². The number of allylic oxidation sites excluding steroid dienone is 2. The maximum absolute atomic E-state index is 11.8. The van der Waals surface area contributed by atoms with E-state index in [4.69, 9.17) is 5.26 Å². The zero-order chi connectivity index (χ0) is 12.5. The van der Waals surface area contributed by atoms with Crippen LogP contribution in [0.25, 0.3) is 0 Å². The van der Waals surface area contributed by atoms with Crippen LogP contribution in [0.2, 0.25) is 0 Å². The molecule has 18 heavy (non-hydrogen) atoms. The molecule has 90 valence electrons. The normalized spacial score (nSPS) is 21.4. The lowest BCUT2D eigenvalue weighted by Crippen LogP contribution is -2.29. The van der Waals surface area contributed by atoms with Gasteiger partial charge in [0.2, 0.25) is 0 Å². The molecule has 1 atom stereocenters. The Morgan fingerprint density at radius 1 is 1.39 bits per heavy atom. The fraction of sp³-hybridized carbons (Fsp3) is 0.267. The highest BCUT2D eigenvalue weighted by Crippen LogP contribution is 2.30. The van der Waals surface area contributed by atoms with Gasteiger partial charge in [-0.05, 0) is 54.3 Å². The van der Waals surface area contributed by atoms with Crippen molar-refractivity contribution in [2.24, 2.45) is 0 Å². The molecule has 0 saturated heterocycles. The Balaban J connectivity index is 2.04. The van der Waals surface area contributed by atoms with Crippen molar-refractivity contribution in [3.8, 4) is 6.07 Å². The molecule has 3 rings (SSSR count). The monoisotopic (exact) mass is 237 g/mol. The van der Waals surface area contributed by atoms with Gasteiger partial charge in [-0.3, -0.25) is 0 Å². The summed E-state index contributed by atoms with van der Waals surface area (Å²) in [6.07, 6.45) is 7.78. The van der Waals surface area contributed by atoms with Gasteiger partial charge < -0.3 is 10.3 Å². The first-order valence-corrected chi connectivity index (χ1v) is 6.13. The van der Waals surface area contributed by atoms with E-state index in [1.54, 1.807) is 12.3 Å². The number of nitriles is 1. The molecule has 1 aromatic carbocycles. The molecule has 1 unspecified atom stereocenters. The van der Waals surface area contributed by atoms with Crippen molar-refractivity contribution in [2.45, 2.75) is 25.3 Å². The van der Waals surface area contributed by atoms with Gasteiger partial charge in [0.1, 0.15) is 0 Å². The predicted octanol–water partition coefficient (Wildman–Crippen LogP) is 2.67. The van der Waals surface area contributed by atoms with Crippen LogP contribution in [0, 0.1) is 16.5 Å². The van der Waals surface area contributed by atoms with E-state index in [0.717, 1.165) is 41.0 Å². The molecule has 3 heteroatoms. The second-order valence-corrected chi connectivity index (χ2v) is 4.73. The van der Waals surface area contributed by atoms with Crippen LogP contribution in [0.3, 0.4) is 0 Å². The Bertz CT molecular complexity index is 581. The highest BCUT2D eigenvalue weighted by Gasteiger charge is 2.23. The second-order valence-electron chi connectivity index (χ2n) is 4.73. The molecule has 0 bridgehead atoms. The van der Waals surface area contributed by atoms with E-state index in [2.05, 4.69) is 12.1 Å². The molecule has 0 saturated carbocycles. The molecule has 2 aliphatic rings. The van der Waals surface area contributed by atoms with Crippen LogP contribution in [0.1, 0.15) is 23.1 Å². The van der Waals surface area contributed by atoms with E-state index < -0.39 is 0 Å². The van der Waals surface area contributed by atoms with Crippen LogP contribution in [-0.4, -0.2) is 11.1 Å². The zero-order valence-electron chi connectivity index (χ0n) is 9.97. The topological polar surface area (TPSA) is 50.1 Å². The van der Waals surface area contributed by atoms with Gasteiger partial charge in [0, 0.05) is 6.04 Å². The van der Waals surface area contributed by atoms with Gasteiger partial charge in [0.25, 0.3) is 0 Å². The number of nitrogens with zero attached hydrogens (tertiary/aromatic N) is 2. The van der Waals surface area contributed by atoms with Gasteiger partial charge in [0.05, 0.1) is 11.6 Å². The lowest BCUT2D eigenvalue weighted by molar-refractivity contribution is 0.383. The number of hydrogen-bond donors (Lipinski definition) is 0. The second kappa shape index (κ2) is 4.32. The lowest BCUT2D eigenvalue weighted by atomic mass is 9.96. The van der Waals surface area contributed by atoms with Crippen molar-refractivity contribution < 1.29 is 0 Å². The Kier molecular flexibility index (Phi) is 2.66. The average Bonchev–Trinajstić information content (AvgIpc) is 2.58. The molecule has 0 radical (unpaired) electrons. The van der Waals surface area contributed by atoms with Gasteiger partial charge in [0.15, 0.2) is 0 Å². The minimum absolute atomic E-state index is 0.0612. The van der Waals surface area contributed by atoms with Gasteiger partial charge in [-0.2, -0.15) is 5.26 Å². The Morgan fingerprint density at radius 3 is 3.11 bits per heavy atom. The van der Waals surface area contributed by atoms with Crippen LogP contribution in [0.5, 0.6) is 0 Å². The molecule has 1 heterocycles. The minimum atomic E-state index is -0.0612. The summed E-state index contributed by atoms with van der Waals surface area (Å²) in [6, 6.07) is 8.03. The number of fused-ring (bicyclic) bond motifs is 2. The first kappa shape index (κ1) is 11.1. The van der Waals surface area contributed by atoms with Gasteiger partial charge in [-0.15, -0.1) is 0 Å². The smallest absolute Gasteiger partial charge is 0.0994 e. The van der Waals surface area contributed by atoms with Crippen LogP contribution >= 0.6 is 0 Å². The van der Waals surface area contributed by atoms with Crippen molar-refractivity contribution in [1.29, 1.82) is 5.26 Å². The third-order valence-electron chi connectivity index (χ3n) is 3.73. The summed E-state index contributed by atoms with van der Waals surface area (Å²) in [6.45, 7) is 0. The summed E-state index contributed by atoms with van der Waals surface area (Å²) in [5.41, 5.74) is 4.20. The Labute approximate surface area is 106 Å². The summed E-state index contributed by atoms with van der Waals surface area (Å²) in [5.74, 6) is 0. The van der Waals surface area contributed by atoms with E-state index in [0.29, 0.717) is 0 Å². The first-order valence-electron chi connectivity index (χ1n) is 6.13. The van der Waals surface area contributed by atoms with Crippen LogP contribution in [-0.2, 0) is 12.8 Å². The Hall–Kier alpha value is -2.05. The molecule has 0 spiro atoms. The van der Waals surface area contributed by atoms with Gasteiger partial charge in [-0.25, -0.2) is 0 Å².